The summed E-state index contributed by atoms with van der Waals surface area (Å²) in [7, 11) is 2.12. The summed E-state index contributed by atoms with van der Waals surface area (Å²) in [5.41, 5.74) is 11.7. The molecule has 0 spiro atoms. The molecule has 0 amide bonds. The molecule has 3 nitrogen and oxygen atoms in total. The average molecular weight is 373 g/mol. The number of hydrogen-bond acceptors (Lipinski definition) is 3. The van der Waals surface area contributed by atoms with Crippen LogP contribution in [0.15, 0.2) is 23.3 Å². The summed E-state index contributed by atoms with van der Waals surface area (Å²) >= 11 is 0. The monoisotopic (exact) mass is 373 g/mol. The zero-order chi connectivity index (χ0) is 19.2. The number of nitrogens with zero attached hydrogens (tertiary/aromatic N) is 2. The molecule has 2 fully saturated rings. The van der Waals surface area contributed by atoms with Crippen molar-refractivity contribution >= 4 is 17.5 Å². The summed E-state index contributed by atoms with van der Waals surface area (Å²) < 4.78 is 26.8. The van der Waals surface area contributed by atoms with E-state index < -0.39 is 5.92 Å². The van der Waals surface area contributed by atoms with Crippen molar-refractivity contribution < 1.29 is 8.78 Å². The Morgan fingerprint density at radius 1 is 1.30 bits per heavy atom. The molecule has 2 aliphatic carbocycles. The Labute approximate surface area is 160 Å². The molecule has 0 bridgehead atoms. The van der Waals surface area contributed by atoms with Crippen LogP contribution < -0.4 is 10.6 Å². The molecule has 5 heteroatoms. The van der Waals surface area contributed by atoms with Gasteiger partial charge in [0.1, 0.15) is 0 Å². The highest BCUT2D eigenvalue weighted by atomic mass is 19.3. The molecule has 0 radical (unpaired) electrons. The van der Waals surface area contributed by atoms with Crippen LogP contribution in [0.3, 0.4) is 0 Å². The number of rotatable bonds is 5. The van der Waals surface area contributed by atoms with E-state index in [2.05, 4.69) is 36.0 Å². The summed E-state index contributed by atoms with van der Waals surface area (Å²) in [5.74, 6) is -2.43. The maximum Gasteiger partial charge on any atom is 0.248 e. The van der Waals surface area contributed by atoms with Crippen molar-refractivity contribution in [3.05, 3.63) is 35.0 Å². The molecule has 1 aliphatic heterocycles. The minimum Gasteiger partial charge on any atom is -0.404 e. The molecule has 0 saturated heterocycles. The molecule has 3 aliphatic rings. The van der Waals surface area contributed by atoms with Crippen LogP contribution in [0.1, 0.15) is 55.7 Å². The van der Waals surface area contributed by atoms with Gasteiger partial charge in [0.2, 0.25) is 5.92 Å². The molecule has 1 aromatic rings. The number of fused-ring (bicyclic) bond motifs is 1. The van der Waals surface area contributed by atoms with Gasteiger partial charge in [-0.25, -0.2) is 8.78 Å². The number of aliphatic imine (C=N–C) groups is 1. The molecular weight excluding hydrogens is 344 g/mol. The Bertz CT molecular complexity index is 772. The third-order valence-corrected chi connectivity index (χ3v) is 6.39. The quantitative estimate of drug-likeness (QED) is 0.768. The molecule has 2 N–H and O–H groups in total. The standard InChI is InChI=1S/C22H29F2N3/c1-14-3-6-19-20(9-15-10-22(23,24)11-15)18(7-8-21(19)27(14)2)16(12-25)13-26-17-4-5-17/h7-8,12-15,17H,3-6,9-11,25H2,1-2H3. The second-order valence-electron chi connectivity index (χ2n) is 8.55. The highest BCUT2D eigenvalue weighted by Crippen LogP contribution is 2.46. The summed E-state index contributed by atoms with van der Waals surface area (Å²) in [6, 6.07) is 5.19. The lowest BCUT2D eigenvalue weighted by Gasteiger charge is -2.39. The van der Waals surface area contributed by atoms with Crippen molar-refractivity contribution in [1.82, 2.24) is 0 Å². The summed E-state index contributed by atoms with van der Waals surface area (Å²) in [4.78, 5) is 6.91. The van der Waals surface area contributed by atoms with E-state index in [0.29, 0.717) is 18.5 Å². The zero-order valence-electron chi connectivity index (χ0n) is 16.2. The first-order valence-electron chi connectivity index (χ1n) is 10.1. The van der Waals surface area contributed by atoms with Gasteiger partial charge >= 0.3 is 0 Å². The van der Waals surface area contributed by atoms with Crippen LogP contribution in [0.2, 0.25) is 0 Å². The predicted octanol–water partition coefficient (Wildman–Crippen LogP) is 4.58. The first kappa shape index (κ1) is 18.5. The highest BCUT2D eigenvalue weighted by Gasteiger charge is 2.45. The molecule has 1 unspecified atom stereocenters. The predicted molar refractivity (Wildman–Crippen MR) is 108 cm³/mol. The van der Waals surface area contributed by atoms with Crippen LogP contribution in [0.5, 0.6) is 0 Å². The molecule has 1 aromatic carbocycles. The van der Waals surface area contributed by atoms with Crippen LogP contribution in [0, 0.1) is 5.92 Å². The highest BCUT2D eigenvalue weighted by molar-refractivity contribution is 6.10. The Kier molecular flexibility index (Phi) is 4.73. The van der Waals surface area contributed by atoms with Crippen molar-refractivity contribution in [2.75, 3.05) is 11.9 Å². The van der Waals surface area contributed by atoms with Gasteiger partial charge in [0.15, 0.2) is 0 Å². The number of halogens is 2. The molecule has 27 heavy (non-hydrogen) atoms. The smallest absolute Gasteiger partial charge is 0.248 e. The lowest BCUT2D eigenvalue weighted by Crippen LogP contribution is -2.38. The molecular formula is C22H29F2N3. The van der Waals surface area contributed by atoms with Crippen molar-refractivity contribution in [1.29, 1.82) is 0 Å². The van der Waals surface area contributed by atoms with Crippen LogP contribution in [0.25, 0.3) is 5.57 Å². The second-order valence-corrected chi connectivity index (χ2v) is 8.55. The van der Waals surface area contributed by atoms with Crippen LogP contribution in [-0.2, 0) is 12.8 Å². The number of hydrogen-bond donors (Lipinski definition) is 1. The molecule has 146 valence electrons. The fourth-order valence-electron chi connectivity index (χ4n) is 4.41. The molecule has 2 saturated carbocycles. The maximum atomic E-state index is 13.4. The van der Waals surface area contributed by atoms with Gasteiger partial charge in [0.05, 0.1) is 6.04 Å². The van der Waals surface area contributed by atoms with Crippen LogP contribution >= 0.6 is 0 Å². The number of benzene rings is 1. The van der Waals surface area contributed by atoms with Gasteiger partial charge in [-0.3, -0.25) is 4.99 Å². The zero-order valence-corrected chi connectivity index (χ0v) is 16.2. The van der Waals surface area contributed by atoms with Crippen molar-refractivity contribution in [3.63, 3.8) is 0 Å². The fourth-order valence-corrected chi connectivity index (χ4v) is 4.41. The third-order valence-electron chi connectivity index (χ3n) is 6.39. The Morgan fingerprint density at radius 2 is 2.04 bits per heavy atom. The lowest BCUT2D eigenvalue weighted by molar-refractivity contribution is -0.109. The Hall–Kier alpha value is -1.91. The first-order chi connectivity index (χ1) is 12.9. The van der Waals surface area contributed by atoms with E-state index >= 15 is 0 Å². The molecule has 1 heterocycles. The Morgan fingerprint density at radius 3 is 2.67 bits per heavy atom. The van der Waals surface area contributed by atoms with E-state index in [1.54, 1.807) is 6.20 Å². The van der Waals surface area contributed by atoms with E-state index in [4.69, 9.17) is 5.73 Å². The SMILES string of the molecule is CC1CCc2c(ccc(C(C=NC3CC3)=CN)c2CC2CC(F)(F)C2)N1C. The van der Waals surface area contributed by atoms with Crippen molar-refractivity contribution in [2.24, 2.45) is 16.6 Å². The molecule has 4 rings (SSSR count). The van der Waals surface area contributed by atoms with Gasteiger partial charge in [-0.2, -0.15) is 0 Å². The maximum absolute atomic E-state index is 13.4. The topological polar surface area (TPSA) is 41.6 Å². The summed E-state index contributed by atoms with van der Waals surface area (Å²) in [6.45, 7) is 2.23. The van der Waals surface area contributed by atoms with Gasteiger partial charge < -0.3 is 10.6 Å². The van der Waals surface area contributed by atoms with E-state index in [9.17, 15) is 8.78 Å². The van der Waals surface area contributed by atoms with E-state index in [1.807, 2.05) is 6.21 Å². The minimum atomic E-state index is -2.48. The Balaban J connectivity index is 1.71. The van der Waals surface area contributed by atoms with Gasteiger partial charge in [-0.05, 0) is 67.7 Å². The molecule has 0 aromatic heterocycles. The van der Waals surface area contributed by atoms with Crippen LogP contribution in [-0.4, -0.2) is 31.3 Å². The van der Waals surface area contributed by atoms with Gasteiger partial charge in [-0.15, -0.1) is 0 Å². The van der Waals surface area contributed by atoms with Gasteiger partial charge in [-0.1, -0.05) is 6.07 Å². The van der Waals surface area contributed by atoms with Crippen molar-refractivity contribution in [3.8, 4) is 0 Å². The number of nitrogens with two attached hydrogens (primary N) is 1. The van der Waals surface area contributed by atoms with E-state index in [1.165, 1.54) is 16.8 Å². The van der Waals surface area contributed by atoms with Crippen molar-refractivity contribution in [2.45, 2.75) is 69.9 Å². The van der Waals surface area contributed by atoms with Crippen LogP contribution in [0.4, 0.5) is 14.5 Å². The van der Waals surface area contributed by atoms with Gasteiger partial charge in [0.25, 0.3) is 0 Å². The number of anilines is 1. The van der Waals surface area contributed by atoms with Gasteiger partial charge in [0, 0.05) is 49.6 Å². The minimum absolute atomic E-state index is 0.000184. The third kappa shape index (κ3) is 3.74. The number of allylic oxidation sites excluding steroid dienone is 1. The fraction of sp³-hybridized carbons (Fsp3) is 0.591. The van der Waals surface area contributed by atoms with E-state index in [-0.39, 0.29) is 18.8 Å². The summed E-state index contributed by atoms with van der Waals surface area (Å²) in [6.07, 6.45) is 8.56. The second kappa shape index (κ2) is 6.92. The summed E-state index contributed by atoms with van der Waals surface area (Å²) in [5, 5.41) is 0. The number of alkyl halides is 2. The first-order valence-corrected chi connectivity index (χ1v) is 10.1. The molecule has 1 atom stereocenters. The largest absolute Gasteiger partial charge is 0.404 e. The normalized spacial score (nSPS) is 25.6. The average Bonchev–Trinajstić information content (AvgIpc) is 3.42. The lowest BCUT2D eigenvalue weighted by atomic mass is 9.74. The van der Waals surface area contributed by atoms with E-state index in [0.717, 1.165) is 36.8 Å².